The molecule has 0 unspecified atom stereocenters. The van der Waals surface area contributed by atoms with Crippen molar-refractivity contribution >= 4 is 17.2 Å². The minimum absolute atomic E-state index is 0.0864. The number of aromatic nitrogens is 2. The van der Waals surface area contributed by atoms with Crippen LogP contribution in [0.5, 0.6) is 11.5 Å². The van der Waals surface area contributed by atoms with Gasteiger partial charge < -0.3 is 19.3 Å². The molecular weight excluding hydrogens is 342 g/mol. The van der Waals surface area contributed by atoms with Gasteiger partial charge in [-0.25, -0.2) is 0 Å². The summed E-state index contributed by atoms with van der Waals surface area (Å²) in [7, 11) is 1.61. The van der Waals surface area contributed by atoms with Crippen molar-refractivity contribution in [2.45, 2.75) is 19.6 Å². The van der Waals surface area contributed by atoms with Crippen LogP contribution < -0.4 is 14.8 Å². The van der Waals surface area contributed by atoms with Crippen molar-refractivity contribution < 1.29 is 18.8 Å². The Morgan fingerprint density at radius 1 is 1.24 bits per heavy atom. The Labute approximate surface area is 148 Å². The number of rotatable bonds is 8. The average molecular weight is 359 g/mol. The molecule has 1 amide bonds. The number of carbonyl (C=O) groups excluding carboxylic acids is 1. The first-order chi connectivity index (χ1) is 12.2. The molecule has 25 heavy (non-hydrogen) atoms. The number of nitrogens with one attached hydrogen (secondary N) is 1. The lowest BCUT2D eigenvalue weighted by atomic mass is 10.3. The van der Waals surface area contributed by atoms with Crippen molar-refractivity contribution in [1.29, 1.82) is 0 Å². The third-order valence-corrected chi connectivity index (χ3v) is 4.17. The number of methoxy groups -OCH3 is 1. The fourth-order valence-electron chi connectivity index (χ4n) is 2.05. The second-order valence-corrected chi connectivity index (χ2v) is 6.13. The summed E-state index contributed by atoms with van der Waals surface area (Å²) in [6.07, 6.45) is 0.346. The Balaban J connectivity index is 1.44. The van der Waals surface area contributed by atoms with E-state index in [0.717, 1.165) is 10.6 Å². The molecule has 0 saturated carbocycles. The molecule has 0 saturated heterocycles. The quantitative estimate of drug-likeness (QED) is 0.665. The summed E-state index contributed by atoms with van der Waals surface area (Å²) in [5, 5.41) is 8.53. The molecule has 2 heterocycles. The maximum atomic E-state index is 11.8. The van der Waals surface area contributed by atoms with E-state index in [1.807, 2.05) is 17.5 Å². The van der Waals surface area contributed by atoms with Crippen molar-refractivity contribution in [2.24, 2.45) is 0 Å². The number of thiophene rings is 1. The summed E-state index contributed by atoms with van der Waals surface area (Å²) in [6, 6.07) is 11.0. The number of benzene rings is 1. The molecule has 0 bridgehead atoms. The lowest BCUT2D eigenvalue weighted by molar-refractivity contribution is -0.120. The molecule has 2 aromatic heterocycles. The highest BCUT2D eigenvalue weighted by Crippen LogP contribution is 2.17. The predicted octanol–water partition coefficient (Wildman–Crippen LogP) is 2.58. The predicted molar refractivity (Wildman–Crippen MR) is 91.5 cm³/mol. The van der Waals surface area contributed by atoms with E-state index in [0.29, 0.717) is 23.9 Å². The summed E-state index contributed by atoms with van der Waals surface area (Å²) in [5.41, 5.74) is 0. The third kappa shape index (κ3) is 5.05. The first kappa shape index (κ1) is 17.0. The zero-order valence-corrected chi connectivity index (χ0v) is 14.4. The molecule has 130 valence electrons. The zero-order chi connectivity index (χ0) is 17.5. The number of amides is 1. The van der Waals surface area contributed by atoms with Crippen LogP contribution in [0.1, 0.15) is 16.6 Å². The fraction of sp³-hybridized carbons (Fsp3) is 0.235. The summed E-state index contributed by atoms with van der Waals surface area (Å²) >= 11 is 1.55. The highest BCUT2D eigenvalue weighted by molar-refractivity contribution is 7.10. The van der Waals surface area contributed by atoms with Gasteiger partial charge in [0, 0.05) is 4.88 Å². The van der Waals surface area contributed by atoms with E-state index >= 15 is 0 Å². The van der Waals surface area contributed by atoms with E-state index in [9.17, 15) is 4.79 Å². The van der Waals surface area contributed by atoms with Gasteiger partial charge in [-0.3, -0.25) is 4.79 Å². The van der Waals surface area contributed by atoms with Gasteiger partial charge in [0.25, 0.3) is 0 Å². The van der Waals surface area contributed by atoms with Gasteiger partial charge in [0.05, 0.1) is 20.1 Å². The SMILES string of the molecule is COc1ccc(OCc2noc(CNC(=O)Cc3cccs3)n2)cc1. The molecular formula is C17H17N3O4S. The van der Waals surface area contributed by atoms with Crippen LogP contribution in [0.2, 0.25) is 0 Å². The minimum atomic E-state index is -0.0864. The number of hydrogen-bond acceptors (Lipinski definition) is 7. The molecule has 1 aromatic carbocycles. The van der Waals surface area contributed by atoms with Crippen LogP contribution >= 0.6 is 11.3 Å². The first-order valence-corrected chi connectivity index (χ1v) is 8.48. The fourth-order valence-corrected chi connectivity index (χ4v) is 2.75. The molecule has 8 heteroatoms. The van der Waals surface area contributed by atoms with E-state index in [-0.39, 0.29) is 19.1 Å². The average Bonchev–Trinajstić information content (AvgIpc) is 3.30. The van der Waals surface area contributed by atoms with Crippen LogP contribution in [0.4, 0.5) is 0 Å². The molecule has 0 atom stereocenters. The number of nitrogens with zero attached hydrogens (tertiary/aromatic N) is 2. The van der Waals surface area contributed by atoms with Crippen LogP contribution in [0, 0.1) is 0 Å². The number of hydrogen-bond donors (Lipinski definition) is 1. The standard InChI is InChI=1S/C17H17N3O4S/c1-22-12-4-6-13(7-5-12)23-11-15-19-17(24-20-15)10-18-16(21)9-14-3-2-8-25-14/h2-8H,9-11H2,1H3,(H,18,21). The summed E-state index contributed by atoms with van der Waals surface area (Å²) in [6.45, 7) is 0.374. The topological polar surface area (TPSA) is 86.5 Å². The van der Waals surface area contributed by atoms with Gasteiger partial charge >= 0.3 is 0 Å². The van der Waals surface area contributed by atoms with Crippen LogP contribution in [-0.4, -0.2) is 23.2 Å². The lowest BCUT2D eigenvalue weighted by Crippen LogP contribution is -2.24. The molecule has 3 aromatic rings. The second kappa shape index (κ2) is 8.29. The second-order valence-electron chi connectivity index (χ2n) is 5.10. The summed E-state index contributed by atoms with van der Waals surface area (Å²) < 4.78 is 15.8. The first-order valence-electron chi connectivity index (χ1n) is 7.60. The van der Waals surface area contributed by atoms with Crippen molar-refractivity contribution in [3.05, 3.63) is 58.4 Å². The van der Waals surface area contributed by atoms with Crippen molar-refractivity contribution in [2.75, 3.05) is 7.11 Å². The van der Waals surface area contributed by atoms with Crippen LogP contribution in [-0.2, 0) is 24.4 Å². The van der Waals surface area contributed by atoms with Crippen LogP contribution in [0.15, 0.2) is 46.3 Å². The van der Waals surface area contributed by atoms with Gasteiger partial charge in [-0.2, -0.15) is 4.98 Å². The molecule has 0 aliphatic heterocycles. The Morgan fingerprint density at radius 3 is 2.76 bits per heavy atom. The van der Waals surface area contributed by atoms with E-state index < -0.39 is 0 Å². The van der Waals surface area contributed by atoms with Gasteiger partial charge in [-0.1, -0.05) is 11.2 Å². The Hall–Kier alpha value is -2.87. The van der Waals surface area contributed by atoms with Crippen LogP contribution in [0.25, 0.3) is 0 Å². The number of ether oxygens (including phenoxy) is 2. The Bertz CT molecular complexity index is 800. The van der Waals surface area contributed by atoms with Crippen molar-refractivity contribution in [1.82, 2.24) is 15.5 Å². The van der Waals surface area contributed by atoms with Crippen molar-refractivity contribution in [3.63, 3.8) is 0 Å². The highest BCUT2D eigenvalue weighted by Gasteiger charge is 2.10. The molecule has 0 fully saturated rings. The third-order valence-electron chi connectivity index (χ3n) is 3.29. The monoisotopic (exact) mass is 359 g/mol. The van der Waals surface area contributed by atoms with E-state index in [1.165, 1.54) is 0 Å². The van der Waals surface area contributed by atoms with E-state index in [2.05, 4.69) is 15.5 Å². The summed E-state index contributed by atoms with van der Waals surface area (Å²) in [5.74, 6) is 2.10. The molecule has 7 nitrogen and oxygen atoms in total. The Morgan fingerprint density at radius 2 is 2.04 bits per heavy atom. The van der Waals surface area contributed by atoms with Crippen LogP contribution in [0.3, 0.4) is 0 Å². The minimum Gasteiger partial charge on any atom is -0.497 e. The van der Waals surface area contributed by atoms with Gasteiger partial charge in [-0.15, -0.1) is 11.3 Å². The maximum Gasteiger partial charge on any atom is 0.246 e. The molecule has 3 rings (SSSR count). The van der Waals surface area contributed by atoms with E-state index in [4.69, 9.17) is 14.0 Å². The Kier molecular flexibility index (Phi) is 5.63. The van der Waals surface area contributed by atoms with Gasteiger partial charge in [0.15, 0.2) is 6.61 Å². The smallest absolute Gasteiger partial charge is 0.246 e. The van der Waals surface area contributed by atoms with E-state index in [1.54, 1.807) is 42.7 Å². The molecule has 1 N–H and O–H groups in total. The highest BCUT2D eigenvalue weighted by atomic mass is 32.1. The maximum absolute atomic E-state index is 11.8. The normalized spacial score (nSPS) is 10.4. The molecule has 0 radical (unpaired) electrons. The summed E-state index contributed by atoms with van der Waals surface area (Å²) in [4.78, 5) is 17.0. The molecule has 0 aliphatic carbocycles. The van der Waals surface area contributed by atoms with Gasteiger partial charge in [0.1, 0.15) is 11.5 Å². The zero-order valence-electron chi connectivity index (χ0n) is 13.6. The number of carbonyl (C=O) groups is 1. The largest absolute Gasteiger partial charge is 0.497 e. The molecule has 0 aliphatic rings. The van der Waals surface area contributed by atoms with Gasteiger partial charge in [-0.05, 0) is 35.7 Å². The van der Waals surface area contributed by atoms with Crippen molar-refractivity contribution in [3.8, 4) is 11.5 Å². The lowest BCUT2D eigenvalue weighted by Gasteiger charge is -2.04. The molecule has 0 spiro atoms. The van der Waals surface area contributed by atoms with Gasteiger partial charge in [0.2, 0.25) is 17.6 Å².